The molecule has 0 radical (unpaired) electrons. The van der Waals surface area contributed by atoms with Crippen molar-refractivity contribution in [3.05, 3.63) is 90.5 Å². The molecule has 0 atom stereocenters. The molecule has 4 rings (SSSR count). The summed E-state index contributed by atoms with van der Waals surface area (Å²) in [5, 5.41) is 0. The molecule has 26 heavy (non-hydrogen) atoms. The molecular formula is C23H25BrOS. The Morgan fingerprint density at radius 2 is 1.12 bits per heavy atom. The van der Waals surface area contributed by atoms with Crippen LogP contribution in [0.5, 0.6) is 0 Å². The third-order valence-electron chi connectivity index (χ3n) is 4.10. The van der Waals surface area contributed by atoms with Gasteiger partial charge in [-0.3, -0.25) is 0 Å². The number of ether oxygens (including phenoxy) is 1. The lowest BCUT2D eigenvalue weighted by molar-refractivity contribution is -0.00000564. The lowest BCUT2D eigenvalue weighted by atomic mass is 10.2. The van der Waals surface area contributed by atoms with Crippen LogP contribution in [0.4, 0.5) is 0 Å². The van der Waals surface area contributed by atoms with Crippen LogP contribution in [0.3, 0.4) is 0 Å². The van der Waals surface area contributed by atoms with E-state index in [-0.39, 0.29) is 27.9 Å². The molecule has 136 valence electrons. The van der Waals surface area contributed by atoms with Gasteiger partial charge in [0.2, 0.25) is 0 Å². The summed E-state index contributed by atoms with van der Waals surface area (Å²) in [4.78, 5) is 4.14. The third kappa shape index (κ3) is 5.73. The van der Waals surface area contributed by atoms with Crippen LogP contribution in [0.15, 0.2) is 99.6 Å². The highest BCUT2D eigenvalue weighted by Crippen LogP contribution is 2.32. The standard InChI is InChI=1S/C19H17S.C4H8O.BrH/c1-16-10-8-9-15-19(16)20(17-11-4-2-5-12-17)18-13-6-3-7-14-18;1-2-4-5-3-1;/h2-15H,1H3;1-4H2;1H/q+1;;/p-1. The molecule has 1 aliphatic heterocycles. The molecule has 0 aliphatic carbocycles. The topological polar surface area (TPSA) is 9.23 Å². The van der Waals surface area contributed by atoms with Crippen LogP contribution < -0.4 is 17.0 Å². The van der Waals surface area contributed by atoms with Gasteiger partial charge in [0, 0.05) is 18.8 Å². The van der Waals surface area contributed by atoms with Gasteiger partial charge in [0.15, 0.2) is 14.7 Å². The van der Waals surface area contributed by atoms with E-state index in [9.17, 15) is 0 Å². The molecule has 0 bridgehead atoms. The van der Waals surface area contributed by atoms with Gasteiger partial charge in [-0.05, 0) is 50.1 Å². The van der Waals surface area contributed by atoms with Crippen molar-refractivity contribution in [2.24, 2.45) is 0 Å². The molecule has 1 heterocycles. The number of rotatable bonds is 3. The zero-order valence-corrected chi connectivity index (χ0v) is 17.5. The molecule has 0 unspecified atom stereocenters. The van der Waals surface area contributed by atoms with E-state index in [0.717, 1.165) is 13.2 Å². The Morgan fingerprint density at radius 1 is 0.654 bits per heavy atom. The van der Waals surface area contributed by atoms with Crippen LogP contribution in [0.25, 0.3) is 0 Å². The smallest absolute Gasteiger partial charge is 0.169 e. The molecule has 3 aromatic carbocycles. The van der Waals surface area contributed by atoms with Crippen LogP contribution in [0.1, 0.15) is 18.4 Å². The Balaban J connectivity index is 0.000000351. The van der Waals surface area contributed by atoms with E-state index in [2.05, 4.69) is 91.9 Å². The van der Waals surface area contributed by atoms with E-state index >= 15 is 0 Å². The van der Waals surface area contributed by atoms with Crippen LogP contribution in [-0.4, -0.2) is 13.2 Å². The van der Waals surface area contributed by atoms with Gasteiger partial charge in [-0.2, -0.15) is 0 Å². The fraction of sp³-hybridized carbons (Fsp3) is 0.217. The summed E-state index contributed by atoms with van der Waals surface area (Å²) in [7, 11) is -0.0262. The van der Waals surface area contributed by atoms with Crippen molar-refractivity contribution in [3.63, 3.8) is 0 Å². The van der Waals surface area contributed by atoms with E-state index in [1.807, 2.05) is 0 Å². The van der Waals surface area contributed by atoms with Crippen molar-refractivity contribution < 1.29 is 21.7 Å². The molecule has 3 heteroatoms. The molecule has 0 aromatic heterocycles. The molecular weight excluding hydrogens is 404 g/mol. The van der Waals surface area contributed by atoms with E-state index in [0.29, 0.717) is 0 Å². The Labute approximate surface area is 170 Å². The van der Waals surface area contributed by atoms with Crippen LogP contribution >= 0.6 is 0 Å². The maximum absolute atomic E-state index is 4.94. The molecule has 1 nitrogen and oxygen atoms in total. The van der Waals surface area contributed by atoms with Crippen molar-refractivity contribution in [1.29, 1.82) is 0 Å². The molecule has 0 spiro atoms. The second kappa shape index (κ2) is 11.2. The molecule has 1 saturated heterocycles. The Kier molecular flexibility index (Phi) is 8.96. The molecule has 3 aromatic rings. The summed E-state index contributed by atoms with van der Waals surface area (Å²) in [6.07, 6.45) is 2.56. The maximum atomic E-state index is 4.94. The van der Waals surface area contributed by atoms with E-state index < -0.39 is 0 Å². The summed E-state index contributed by atoms with van der Waals surface area (Å²) in [5.74, 6) is 0. The zero-order valence-electron chi connectivity index (χ0n) is 15.1. The molecule has 1 aliphatic rings. The van der Waals surface area contributed by atoms with Gasteiger partial charge >= 0.3 is 0 Å². The Hall–Kier alpha value is -1.55. The summed E-state index contributed by atoms with van der Waals surface area (Å²) in [6, 6.07) is 30.2. The second-order valence-corrected chi connectivity index (χ2v) is 8.01. The summed E-state index contributed by atoms with van der Waals surface area (Å²) in [5.41, 5.74) is 1.35. The average Bonchev–Trinajstić information content (AvgIpc) is 3.26. The fourth-order valence-electron chi connectivity index (χ4n) is 2.80. The highest BCUT2D eigenvalue weighted by Gasteiger charge is 2.29. The summed E-state index contributed by atoms with van der Waals surface area (Å²) in [6.45, 7) is 4.20. The lowest BCUT2D eigenvalue weighted by Gasteiger charge is -2.09. The van der Waals surface area contributed by atoms with Crippen LogP contribution in [0.2, 0.25) is 0 Å². The summed E-state index contributed by atoms with van der Waals surface area (Å²) >= 11 is 0. The normalized spacial score (nSPS) is 12.8. The third-order valence-corrected chi connectivity index (χ3v) is 6.48. The molecule has 0 amide bonds. The van der Waals surface area contributed by atoms with Gasteiger partial charge < -0.3 is 21.7 Å². The predicted octanol–water partition coefficient (Wildman–Crippen LogP) is 2.89. The number of hydrogen-bond acceptors (Lipinski definition) is 1. The fourth-order valence-corrected chi connectivity index (χ4v) is 5.04. The first kappa shape index (κ1) is 20.8. The van der Waals surface area contributed by atoms with Crippen molar-refractivity contribution in [1.82, 2.24) is 0 Å². The molecule has 1 fully saturated rings. The molecule has 0 N–H and O–H groups in total. The highest BCUT2D eigenvalue weighted by molar-refractivity contribution is 7.97. The van der Waals surface area contributed by atoms with E-state index in [1.54, 1.807) is 0 Å². The number of benzene rings is 3. The largest absolute Gasteiger partial charge is 1.00 e. The minimum absolute atomic E-state index is 0. The number of aryl methyl sites for hydroxylation is 1. The van der Waals surface area contributed by atoms with Gasteiger partial charge in [0.05, 0.1) is 10.9 Å². The quantitative estimate of drug-likeness (QED) is 0.582. The lowest BCUT2D eigenvalue weighted by Crippen LogP contribution is -3.00. The van der Waals surface area contributed by atoms with E-state index in [1.165, 1.54) is 33.1 Å². The van der Waals surface area contributed by atoms with Crippen molar-refractivity contribution in [3.8, 4) is 0 Å². The monoisotopic (exact) mass is 428 g/mol. The Morgan fingerprint density at radius 3 is 1.54 bits per heavy atom. The van der Waals surface area contributed by atoms with Crippen molar-refractivity contribution in [2.75, 3.05) is 13.2 Å². The van der Waals surface area contributed by atoms with Crippen molar-refractivity contribution >= 4 is 10.9 Å². The van der Waals surface area contributed by atoms with Gasteiger partial charge in [-0.25, -0.2) is 0 Å². The van der Waals surface area contributed by atoms with Crippen LogP contribution in [0, 0.1) is 6.92 Å². The number of halogens is 1. The first-order valence-electron chi connectivity index (χ1n) is 8.84. The Bertz CT molecular complexity index is 710. The maximum Gasteiger partial charge on any atom is 0.169 e. The van der Waals surface area contributed by atoms with Crippen molar-refractivity contribution in [2.45, 2.75) is 34.5 Å². The highest BCUT2D eigenvalue weighted by atomic mass is 79.9. The summed E-state index contributed by atoms with van der Waals surface area (Å²) < 4.78 is 4.94. The van der Waals surface area contributed by atoms with Crippen LogP contribution in [-0.2, 0) is 15.6 Å². The predicted molar refractivity (Wildman–Crippen MR) is 106 cm³/mol. The number of hydrogen-bond donors (Lipinski definition) is 0. The van der Waals surface area contributed by atoms with Gasteiger partial charge in [-0.1, -0.05) is 54.6 Å². The minimum Gasteiger partial charge on any atom is -1.00 e. The molecule has 0 saturated carbocycles. The SMILES string of the molecule is C1CCOC1.Cc1ccccc1[S+](c1ccccc1)c1ccccc1.[Br-]. The van der Waals surface area contributed by atoms with Gasteiger partial charge in [-0.15, -0.1) is 0 Å². The van der Waals surface area contributed by atoms with Gasteiger partial charge in [0.25, 0.3) is 0 Å². The first-order chi connectivity index (χ1) is 12.4. The van der Waals surface area contributed by atoms with Gasteiger partial charge in [0.1, 0.15) is 0 Å². The second-order valence-electron chi connectivity index (χ2n) is 6.02. The average molecular weight is 429 g/mol. The van der Waals surface area contributed by atoms with E-state index in [4.69, 9.17) is 4.74 Å². The zero-order chi connectivity index (χ0) is 17.3. The first-order valence-corrected chi connectivity index (χ1v) is 10.1. The minimum atomic E-state index is -0.0262.